The van der Waals surface area contributed by atoms with Gasteiger partial charge in [-0.15, -0.1) is 0 Å². The van der Waals surface area contributed by atoms with Gasteiger partial charge in [-0.2, -0.15) is 0 Å². The van der Waals surface area contributed by atoms with E-state index < -0.39 is 0 Å². The maximum Gasteiger partial charge on any atom is 0.165 e. The summed E-state index contributed by atoms with van der Waals surface area (Å²) in [7, 11) is 3.02. The Hall–Kier alpha value is -2.34. The van der Waals surface area contributed by atoms with E-state index in [4.69, 9.17) is 9.47 Å². The fourth-order valence-electron chi connectivity index (χ4n) is 2.31. The molecule has 0 unspecified atom stereocenters. The molecule has 0 bridgehead atoms. The van der Waals surface area contributed by atoms with Crippen LogP contribution in [0.1, 0.15) is 31.9 Å². The fraction of sp³-hybridized carbons (Fsp3) is 0.474. The molecular formula is C19H27NO5. The molecule has 0 fully saturated rings. The van der Waals surface area contributed by atoms with Crippen molar-refractivity contribution in [1.29, 1.82) is 0 Å². The van der Waals surface area contributed by atoms with Crippen LogP contribution in [0.2, 0.25) is 0 Å². The molecule has 2 N–H and O–H groups in total. The number of aliphatic hydroxyl groups is 2. The number of Topliss-reactive ketones (excluding diaryl/α,β-unsaturated/α-hetero) is 1. The zero-order valence-corrected chi connectivity index (χ0v) is 15.7. The number of rotatable bonds is 8. The minimum Gasteiger partial charge on any atom is -0.506 e. The second kappa shape index (κ2) is 9.22. The van der Waals surface area contributed by atoms with Crippen molar-refractivity contribution in [2.75, 3.05) is 20.8 Å². The highest BCUT2D eigenvalue weighted by Crippen LogP contribution is 2.33. The Morgan fingerprint density at radius 3 is 2.28 bits per heavy atom. The molecule has 1 aromatic rings. The van der Waals surface area contributed by atoms with Crippen LogP contribution in [-0.4, -0.2) is 49.1 Å². The number of nitrogens with zero attached hydrogens (tertiary/aromatic N) is 1. The Kier molecular flexibility index (Phi) is 7.64. The number of methoxy groups -OCH3 is 2. The molecule has 0 saturated heterocycles. The van der Waals surface area contributed by atoms with E-state index in [1.807, 2.05) is 20.8 Å². The molecular weight excluding hydrogens is 322 g/mol. The molecule has 0 heterocycles. The second-order valence-corrected chi connectivity index (χ2v) is 6.11. The molecule has 25 heavy (non-hydrogen) atoms. The van der Waals surface area contributed by atoms with Gasteiger partial charge in [0.05, 0.1) is 38.0 Å². The minimum absolute atomic E-state index is 0.0574. The van der Waals surface area contributed by atoms with Gasteiger partial charge < -0.3 is 19.7 Å². The smallest absolute Gasteiger partial charge is 0.165 e. The number of carbonyl (C=O) groups excluding carboxylic acids is 1. The van der Waals surface area contributed by atoms with E-state index in [-0.39, 0.29) is 35.7 Å². The third kappa shape index (κ3) is 5.06. The quantitative estimate of drug-likeness (QED) is 0.428. The van der Waals surface area contributed by atoms with Gasteiger partial charge in [-0.1, -0.05) is 13.8 Å². The number of aliphatic hydroxyl groups excluding tert-OH is 2. The molecule has 0 radical (unpaired) electrons. The molecule has 1 rings (SSSR count). The zero-order chi connectivity index (χ0) is 19.1. The summed E-state index contributed by atoms with van der Waals surface area (Å²) in [4.78, 5) is 16.2. The first-order chi connectivity index (χ1) is 11.8. The predicted molar refractivity (Wildman–Crippen MR) is 98.7 cm³/mol. The standard InChI is InChI=1S/C19H27NO5/c1-11(2)16(10-21)20-9-15(13(4)22)19(23)14-7-12(3)17(24-5)8-18(14)25-6/h7-9,11,16,21,23H,10H2,1-6H3/t16-/m1/s1. The van der Waals surface area contributed by atoms with Gasteiger partial charge in [0.1, 0.15) is 17.3 Å². The van der Waals surface area contributed by atoms with Crippen molar-refractivity contribution in [3.8, 4) is 11.5 Å². The summed E-state index contributed by atoms with van der Waals surface area (Å²) in [5.41, 5.74) is 1.23. The number of hydrogen-bond donors (Lipinski definition) is 2. The monoisotopic (exact) mass is 349 g/mol. The van der Waals surface area contributed by atoms with E-state index in [0.29, 0.717) is 17.1 Å². The molecule has 0 amide bonds. The molecule has 0 aromatic heterocycles. The lowest BCUT2D eigenvalue weighted by atomic mass is 10.0. The molecule has 0 spiro atoms. The molecule has 0 aliphatic carbocycles. The first-order valence-corrected chi connectivity index (χ1v) is 8.07. The Morgan fingerprint density at radius 2 is 1.84 bits per heavy atom. The Bertz CT molecular complexity index is 677. The van der Waals surface area contributed by atoms with Crippen molar-refractivity contribution < 1.29 is 24.5 Å². The van der Waals surface area contributed by atoms with E-state index in [1.165, 1.54) is 20.2 Å². The average Bonchev–Trinajstić information content (AvgIpc) is 2.57. The third-order valence-corrected chi connectivity index (χ3v) is 3.96. The maximum absolute atomic E-state index is 12.0. The van der Waals surface area contributed by atoms with Crippen LogP contribution in [0.5, 0.6) is 11.5 Å². The molecule has 6 nitrogen and oxygen atoms in total. The molecule has 6 heteroatoms. The van der Waals surface area contributed by atoms with E-state index in [1.54, 1.807) is 19.2 Å². The van der Waals surface area contributed by atoms with Crippen molar-refractivity contribution in [2.24, 2.45) is 10.9 Å². The topological polar surface area (TPSA) is 88.3 Å². The SMILES string of the molecule is COc1cc(OC)c(C(O)=C(C=N[C@H](CO)C(C)C)C(C)=O)cc1C. The van der Waals surface area contributed by atoms with Crippen LogP contribution < -0.4 is 9.47 Å². The zero-order valence-electron chi connectivity index (χ0n) is 15.7. The van der Waals surface area contributed by atoms with Crippen LogP contribution in [0.3, 0.4) is 0 Å². The van der Waals surface area contributed by atoms with Crippen molar-refractivity contribution in [3.05, 3.63) is 28.8 Å². The van der Waals surface area contributed by atoms with Gasteiger partial charge in [0.15, 0.2) is 5.78 Å². The van der Waals surface area contributed by atoms with Gasteiger partial charge in [0, 0.05) is 12.3 Å². The maximum atomic E-state index is 12.0. The van der Waals surface area contributed by atoms with Gasteiger partial charge in [0.2, 0.25) is 0 Å². The van der Waals surface area contributed by atoms with E-state index in [9.17, 15) is 15.0 Å². The van der Waals surface area contributed by atoms with Gasteiger partial charge in [-0.3, -0.25) is 9.79 Å². The summed E-state index contributed by atoms with van der Waals surface area (Å²) in [6.45, 7) is 6.89. The highest BCUT2D eigenvalue weighted by atomic mass is 16.5. The number of ether oxygens (including phenoxy) is 2. The van der Waals surface area contributed by atoms with Gasteiger partial charge in [0.25, 0.3) is 0 Å². The second-order valence-electron chi connectivity index (χ2n) is 6.11. The predicted octanol–water partition coefficient (Wildman–Crippen LogP) is 2.96. The first-order valence-electron chi connectivity index (χ1n) is 8.07. The third-order valence-electron chi connectivity index (χ3n) is 3.96. The summed E-state index contributed by atoms with van der Waals surface area (Å²) in [6, 6.07) is 3.00. The average molecular weight is 349 g/mol. The van der Waals surface area contributed by atoms with Gasteiger partial charge in [-0.05, 0) is 31.4 Å². The van der Waals surface area contributed by atoms with Crippen LogP contribution in [-0.2, 0) is 4.79 Å². The first kappa shape index (κ1) is 20.7. The van der Waals surface area contributed by atoms with Gasteiger partial charge >= 0.3 is 0 Å². The summed E-state index contributed by atoms with van der Waals surface area (Å²) in [5, 5.41) is 20.0. The number of benzene rings is 1. The molecule has 0 saturated carbocycles. The number of ketones is 1. The molecule has 1 atom stereocenters. The summed E-state index contributed by atoms with van der Waals surface area (Å²) >= 11 is 0. The molecule has 1 aromatic carbocycles. The number of allylic oxidation sites excluding steroid dienone is 1. The Balaban J connectivity index is 3.46. The Morgan fingerprint density at radius 1 is 1.24 bits per heavy atom. The number of carbonyl (C=O) groups is 1. The van der Waals surface area contributed by atoms with Crippen molar-refractivity contribution in [1.82, 2.24) is 0 Å². The summed E-state index contributed by atoms with van der Waals surface area (Å²) < 4.78 is 10.6. The fourth-order valence-corrected chi connectivity index (χ4v) is 2.31. The van der Waals surface area contributed by atoms with Crippen molar-refractivity contribution in [2.45, 2.75) is 33.7 Å². The lowest BCUT2D eigenvalue weighted by molar-refractivity contribution is -0.113. The van der Waals surface area contributed by atoms with Crippen molar-refractivity contribution in [3.63, 3.8) is 0 Å². The number of aliphatic imine (C=N–C) groups is 1. The van der Waals surface area contributed by atoms with E-state index in [0.717, 1.165) is 5.56 Å². The normalized spacial score (nSPS) is 13.8. The summed E-state index contributed by atoms with van der Waals surface area (Å²) in [6.07, 6.45) is 1.32. The highest BCUT2D eigenvalue weighted by Gasteiger charge is 2.18. The van der Waals surface area contributed by atoms with Crippen LogP contribution >= 0.6 is 0 Å². The molecule has 0 aliphatic heterocycles. The van der Waals surface area contributed by atoms with Gasteiger partial charge in [-0.25, -0.2) is 0 Å². The number of hydrogen-bond acceptors (Lipinski definition) is 6. The largest absolute Gasteiger partial charge is 0.506 e. The van der Waals surface area contributed by atoms with Crippen LogP contribution in [0, 0.1) is 12.8 Å². The van der Waals surface area contributed by atoms with Crippen LogP contribution in [0.25, 0.3) is 5.76 Å². The minimum atomic E-state index is -0.346. The van der Waals surface area contributed by atoms with E-state index in [2.05, 4.69) is 4.99 Å². The van der Waals surface area contributed by atoms with Crippen LogP contribution in [0.15, 0.2) is 22.7 Å². The lowest BCUT2D eigenvalue weighted by Crippen LogP contribution is -2.18. The molecule has 0 aliphatic rings. The van der Waals surface area contributed by atoms with Crippen molar-refractivity contribution >= 4 is 17.8 Å². The summed E-state index contributed by atoms with van der Waals surface area (Å²) in [5.74, 6) is 0.548. The Labute approximate surface area is 148 Å². The lowest BCUT2D eigenvalue weighted by Gasteiger charge is -2.15. The highest BCUT2D eigenvalue weighted by molar-refractivity contribution is 6.17. The molecule has 138 valence electrons. The number of aryl methyl sites for hydroxylation is 1. The van der Waals surface area contributed by atoms with E-state index >= 15 is 0 Å². The van der Waals surface area contributed by atoms with Crippen LogP contribution in [0.4, 0.5) is 0 Å².